The summed E-state index contributed by atoms with van der Waals surface area (Å²) < 4.78 is 8.06. The maximum atomic E-state index is 12.5. The molecule has 3 heterocycles. The number of carbonyl (C=O) groups is 1. The van der Waals surface area contributed by atoms with Crippen LogP contribution in [0.15, 0.2) is 47.1 Å². The van der Waals surface area contributed by atoms with Crippen molar-refractivity contribution in [3.8, 4) is 5.13 Å². The Bertz CT molecular complexity index is 1050. The van der Waals surface area contributed by atoms with E-state index in [1.165, 1.54) is 6.26 Å². The first-order valence-electron chi connectivity index (χ1n) is 8.11. The molecule has 0 unspecified atom stereocenters. The lowest BCUT2D eigenvalue weighted by Crippen LogP contribution is -2.15. The maximum absolute atomic E-state index is 12.5. The molecule has 1 aliphatic carbocycles. The molecular formula is C18H14N4O2S. The molecule has 0 spiro atoms. The first kappa shape index (κ1) is 14.4. The Morgan fingerprint density at radius 1 is 1.20 bits per heavy atom. The smallest absolute Gasteiger partial charge is 0.292 e. The highest BCUT2D eigenvalue weighted by atomic mass is 32.1. The Hall–Kier alpha value is -2.93. The number of nitrogens with zero attached hydrogens (tertiary/aromatic N) is 3. The van der Waals surface area contributed by atoms with E-state index >= 15 is 0 Å². The molecule has 0 bridgehead atoms. The van der Waals surface area contributed by atoms with Crippen molar-refractivity contribution in [2.45, 2.75) is 19.3 Å². The Balaban J connectivity index is 1.61. The molecule has 1 aromatic carbocycles. The van der Waals surface area contributed by atoms with E-state index in [1.807, 2.05) is 24.3 Å². The molecule has 0 atom stereocenters. The zero-order valence-corrected chi connectivity index (χ0v) is 14.0. The van der Waals surface area contributed by atoms with Crippen LogP contribution >= 0.6 is 11.3 Å². The van der Waals surface area contributed by atoms with Crippen molar-refractivity contribution < 1.29 is 9.21 Å². The standard InChI is InChI=1S/C18H14N4O2S/c23-17(14-8-4-10-24-14)20-16-11-5-3-7-12(11)21-22(16)18-19-13-6-1-2-9-15(13)25-18/h1-2,4,6,8-10H,3,5,7H2,(H,20,23). The van der Waals surface area contributed by atoms with Gasteiger partial charge in [-0.25, -0.2) is 4.98 Å². The third-order valence-corrected chi connectivity index (χ3v) is 5.36. The Kier molecular flexibility index (Phi) is 3.21. The van der Waals surface area contributed by atoms with Gasteiger partial charge < -0.3 is 9.73 Å². The highest BCUT2D eigenvalue weighted by Crippen LogP contribution is 2.33. The topological polar surface area (TPSA) is 73.0 Å². The van der Waals surface area contributed by atoms with Gasteiger partial charge in [0.05, 0.1) is 22.2 Å². The molecule has 0 fully saturated rings. The zero-order valence-electron chi connectivity index (χ0n) is 13.2. The van der Waals surface area contributed by atoms with Crippen LogP contribution in [-0.2, 0) is 12.8 Å². The summed E-state index contributed by atoms with van der Waals surface area (Å²) in [6, 6.07) is 11.3. The van der Waals surface area contributed by atoms with E-state index in [4.69, 9.17) is 9.52 Å². The number of furan rings is 1. The summed E-state index contributed by atoms with van der Waals surface area (Å²) in [7, 11) is 0. The number of para-hydroxylation sites is 1. The van der Waals surface area contributed by atoms with Crippen LogP contribution in [0.1, 0.15) is 28.2 Å². The third kappa shape index (κ3) is 2.35. The van der Waals surface area contributed by atoms with Gasteiger partial charge in [0, 0.05) is 5.56 Å². The van der Waals surface area contributed by atoms with Gasteiger partial charge in [0.25, 0.3) is 5.91 Å². The number of hydrogen-bond acceptors (Lipinski definition) is 5. The van der Waals surface area contributed by atoms with Crippen molar-refractivity contribution >= 4 is 33.3 Å². The first-order chi connectivity index (χ1) is 12.3. The molecule has 0 saturated heterocycles. The fourth-order valence-corrected chi connectivity index (χ4v) is 4.11. The first-order valence-corrected chi connectivity index (χ1v) is 8.93. The van der Waals surface area contributed by atoms with Gasteiger partial charge in [0.2, 0.25) is 5.13 Å². The summed E-state index contributed by atoms with van der Waals surface area (Å²) in [6.07, 6.45) is 4.39. The lowest BCUT2D eigenvalue weighted by Gasteiger charge is -2.07. The van der Waals surface area contributed by atoms with E-state index in [2.05, 4.69) is 10.3 Å². The Labute approximate surface area is 147 Å². The number of aromatic nitrogens is 3. The summed E-state index contributed by atoms with van der Waals surface area (Å²) in [6.45, 7) is 0. The summed E-state index contributed by atoms with van der Waals surface area (Å²) in [5, 5.41) is 8.44. The van der Waals surface area contributed by atoms with E-state index in [0.717, 1.165) is 45.9 Å². The molecule has 1 amide bonds. The van der Waals surface area contributed by atoms with Gasteiger partial charge in [0.1, 0.15) is 5.82 Å². The lowest BCUT2D eigenvalue weighted by atomic mass is 10.2. The van der Waals surface area contributed by atoms with Crippen LogP contribution in [0, 0.1) is 0 Å². The molecule has 5 rings (SSSR count). The van der Waals surface area contributed by atoms with Crippen molar-refractivity contribution in [2.75, 3.05) is 5.32 Å². The van der Waals surface area contributed by atoms with Gasteiger partial charge in [-0.3, -0.25) is 4.79 Å². The van der Waals surface area contributed by atoms with E-state index in [0.29, 0.717) is 5.82 Å². The van der Waals surface area contributed by atoms with Gasteiger partial charge in [-0.15, -0.1) is 0 Å². The molecule has 3 aromatic heterocycles. The van der Waals surface area contributed by atoms with Gasteiger partial charge in [0.15, 0.2) is 5.76 Å². The van der Waals surface area contributed by atoms with Crippen LogP contribution in [0.2, 0.25) is 0 Å². The monoisotopic (exact) mass is 350 g/mol. The fraction of sp³-hybridized carbons (Fsp3) is 0.167. The second-order valence-corrected chi connectivity index (χ2v) is 6.94. The minimum atomic E-state index is -0.276. The highest BCUT2D eigenvalue weighted by molar-refractivity contribution is 7.20. The number of hydrogen-bond donors (Lipinski definition) is 1. The predicted octanol–water partition coefficient (Wildman–Crippen LogP) is 3.82. The van der Waals surface area contributed by atoms with Crippen LogP contribution < -0.4 is 5.32 Å². The van der Waals surface area contributed by atoms with E-state index in [9.17, 15) is 4.79 Å². The van der Waals surface area contributed by atoms with E-state index in [1.54, 1.807) is 28.2 Å². The minimum Gasteiger partial charge on any atom is -0.459 e. The van der Waals surface area contributed by atoms with Gasteiger partial charge in [-0.05, 0) is 43.5 Å². The number of thiazole rings is 1. The number of carbonyl (C=O) groups excluding carboxylic acids is 1. The summed E-state index contributed by atoms with van der Waals surface area (Å²) >= 11 is 1.56. The van der Waals surface area contributed by atoms with Gasteiger partial charge in [-0.2, -0.15) is 9.78 Å². The average Bonchev–Trinajstić information content (AvgIpc) is 3.39. The summed E-state index contributed by atoms with van der Waals surface area (Å²) in [5.74, 6) is 0.707. The summed E-state index contributed by atoms with van der Waals surface area (Å²) in [4.78, 5) is 17.1. The second kappa shape index (κ2) is 5.56. The van der Waals surface area contributed by atoms with Crippen molar-refractivity contribution in [2.24, 2.45) is 0 Å². The highest BCUT2D eigenvalue weighted by Gasteiger charge is 2.26. The normalized spacial score (nSPS) is 13.3. The average molecular weight is 350 g/mol. The molecule has 0 saturated carbocycles. The molecule has 1 N–H and O–H groups in total. The van der Waals surface area contributed by atoms with Crippen molar-refractivity contribution in [1.29, 1.82) is 0 Å². The number of anilines is 1. The van der Waals surface area contributed by atoms with Gasteiger partial charge >= 0.3 is 0 Å². The number of nitrogens with one attached hydrogen (secondary N) is 1. The quantitative estimate of drug-likeness (QED) is 0.610. The number of amides is 1. The molecule has 124 valence electrons. The van der Waals surface area contributed by atoms with Crippen molar-refractivity contribution in [1.82, 2.24) is 14.8 Å². The lowest BCUT2D eigenvalue weighted by molar-refractivity contribution is 0.0996. The van der Waals surface area contributed by atoms with E-state index in [-0.39, 0.29) is 11.7 Å². The minimum absolute atomic E-state index is 0.276. The second-order valence-electron chi connectivity index (χ2n) is 5.93. The van der Waals surface area contributed by atoms with Crippen LogP contribution in [0.3, 0.4) is 0 Å². The Morgan fingerprint density at radius 3 is 2.96 bits per heavy atom. The van der Waals surface area contributed by atoms with E-state index < -0.39 is 0 Å². The number of rotatable bonds is 3. The molecule has 0 aliphatic heterocycles. The third-order valence-electron chi connectivity index (χ3n) is 4.35. The van der Waals surface area contributed by atoms with Crippen molar-refractivity contribution in [3.05, 3.63) is 59.7 Å². The number of fused-ring (bicyclic) bond motifs is 2. The number of aryl methyl sites for hydroxylation is 1. The van der Waals surface area contributed by atoms with Crippen LogP contribution in [0.5, 0.6) is 0 Å². The molecule has 7 heteroatoms. The molecule has 0 radical (unpaired) electrons. The molecular weight excluding hydrogens is 336 g/mol. The Morgan fingerprint density at radius 2 is 2.12 bits per heavy atom. The van der Waals surface area contributed by atoms with Crippen LogP contribution in [-0.4, -0.2) is 20.7 Å². The SMILES string of the molecule is O=C(Nc1c2c(nn1-c1nc3ccccc3s1)CCC2)c1ccco1. The maximum Gasteiger partial charge on any atom is 0.292 e. The van der Waals surface area contributed by atoms with Crippen LogP contribution in [0.4, 0.5) is 5.82 Å². The molecule has 4 aromatic rings. The summed E-state index contributed by atoms with van der Waals surface area (Å²) in [5.41, 5.74) is 3.06. The molecule has 6 nitrogen and oxygen atoms in total. The number of benzene rings is 1. The fourth-order valence-electron chi connectivity index (χ4n) is 3.19. The van der Waals surface area contributed by atoms with Gasteiger partial charge in [-0.1, -0.05) is 23.5 Å². The largest absolute Gasteiger partial charge is 0.459 e. The molecule has 1 aliphatic rings. The zero-order chi connectivity index (χ0) is 16.8. The predicted molar refractivity (Wildman–Crippen MR) is 95.4 cm³/mol. The van der Waals surface area contributed by atoms with Crippen molar-refractivity contribution in [3.63, 3.8) is 0 Å². The van der Waals surface area contributed by atoms with Crippen LogP contribution in [0.25, 0.3) is 15.3 Å². The molecule has 25 heavy (non-hydrogen) atoms.